The summed E-state index contributed by atoms with van der Waals surface area (Å²) in [5, 5.41) is 3.53. The second kappa shape index (κ2) is 5.37. The minimum Gasteiger partial charge on any atom is -0.454 e. The molecule has 0 aliphatic carbocycles. The highest BCUT2D eigenvalue weighted by molar-refractivity contribution is 9.10. The fraction of sp³-hybridized carbons (Fsp3) is 0.250. The van der Waals surface area contributed by atoms with Crippen molar-refractivity contribution in [2.75, 3.05) is 12.1 Å². The smallest absolute Gasteiger partial charge is 0.231 e. The van der Waals surface area contributed by atoms with E-state index in [9.17, 15) is 0 Å². The lowest BCUT2D eigenvalue weighted by Crippen LogP contribution is -2.07. The van der Waals surface area contributed by atoms with Crippen molar-refractivity contribution in [3.05, 3.63) is 52.0 Å². The molecule has 2 aromatic carbocycles. The molecule has 104 valence electrons. The van der Waals surface area contributed by atoms with Gasteiger partial charge in [-0.25, -0.2) is 0 Å². The number of anilines is 1. The topological polar surface area (TPSA) is 30.5 Å². The molecule has 0 amide bonds. The lowest BCUT2D eigenvalue weighted by molar-refractivity contribution is 0.174. The van der Waals surface area contributed by atoms with Crippen molar-refractivity contribution in [2.24, 2.45) is 0 Å². The first-order valence-electron chi connectivity index (χ1n) is 6.56. The van der Waals surface area contributed by atoms with E-state index in [0.29, 0.717) is 6.79 Å². The van der Waals surface area contributed by atoms with E-state index < -0.39 is 0 Å². The molecule has 0 fully saturated rings. The van der Waals surface area contributed by atoms with Crippen molar-refractivity contribution in [2.45, 2.75) is 19.9 Å². The van der Waals surface area contributed by atoms with Crippen LogP contribution in [0.3, 0.4) is 0 Å². The molecular formula is C16H16BrNO2. The Morgan fingerprint density at radius 1 is 1.10 bits per heavy atom. The fourth-order valence-corrected chi connectivity index (χ4v) is 2.61. The van der Waals surface area contributed by atoms with Gasteiger partial charge in [-0.3, -0.25) is 0 Å². The Bertz CT molecular complexity index is 642. The van der Waals surface area contributed by atoms with E-state index in [-0.39, 0.29) is 6.04 Å². The van der Waals surface area contributed by atoms with E-state index >= 15 is 0 Å². The van der Waals surface area contributed by atoms with Crippen LogP contribution >= 0.6 is 15.9 Å². The van der Waals surface area contributed by atoms with Crippen molar-refractivity contribution >= 4 is 21.6 Å². The van der Waals surface area contributed by atoms with Gasteiger partial charge in [-0.15, -0.1) is 0 Å². The van der Waals surface area contributed by atoms with Crippen LogP contribution in [0.5, 0.6) is 11.5 Å². The van der Waals surface area contributed by atoms with Gasteiger partial charge in [0.25, 0.3) is 0 Å². The number of nitrogens with one attached hydrogen (secondary N) is 1. The van der Waals surface area contributed by atoms with E-state index in [0.717, 1.165) is 21.7 Å². The second-order valence-corrected chi connectivity index (χ2v) is 5.85. The Morgan fingerprint density at radius 2 is 1.90 bits per heavy atom. The third-order valence-electron chi connectivity index (χ3n) is 3.47. The molecule has 0 radical (unpaired) electrons. The highest BCUT2D eigenvalue weighted by Gasteiger charge is 2.16. The van der Waals surface area contributed by atoms with Gasteiger partial charge in [-0.1, -0.05) is 28.1 Å². The molecule has 1 atom stereocenters. The first kappa shape index (κ1) is 13.3. The maximum atomic E-state index is 5.42. The van der Waals surface area contributed by atoms with Gasteiger partial charge in [-0.2, -0.15) is 0 Å². The van der Waals surface area contributed by atoms with Gasteiger partial charge in [0, 0.05) is 16.2 Å². The van der Waals surface area contributed by atoms with Gasteiger partial charge in [-0.05, 0) is 49.2 Å². The minimum absolute atomic E-state index is 0.192. The summed E-state index contributed by atoms with van der Waals surface area (Å²) >= 11 is 3.51. The van der Waals surface area contributed by atoms with Crippen LogP contribution in [0.25, 0.3) is 0 Å². The average molecular weight is 334 g/mol. The van der Waals surface area contributed by atoms with E-state index in [1.54, 1.807) is 0 Å². The van der Waals surface area contributed by atoms with Crippen LogP contribution in [0, 0.1) is 6.92 Å². The minimum atomic E-state index is 0.192. The van der Waals surface area contributed by atoms with E-state index in [1.807, 2.05) is 18.2 Å². The normalized spacial score (nSPS) is 14.2. The molecular weight excluding hydrogens is 318 g/mol. The van der Waals surface area contributed by atoms with Crippen LogP contribution < -0.4 is 14.8 Å². The lowest BCUT2D eigenvalue weighted by Gasteiger charge is -2.18. The molecule has 0 spiro atoms. The maximum Gasteiger partial charge on any atom is 0.231 e. The van der Waals surface area contributed by atoms with Crippen LogP contribution in [0.1, 0.15) is 24.1 Å². The second-order valence-electron chi connectivity index (χ2n) is 4.94. The summed E-state index contributed by atoms with van der Waals surface area (Å²) in [6, 6.07) is 12.5. The zero-order valence-electron chi connectivity index (χ0n) is 11.4. The zero-order chi connectivity index (χ0) is 14.1. The molecule has 4 heteroatoms. The van der Waals surface area contributed by atoms with Crippen molar-refractivity contribution in [3.63, 3.8) is 0 Å². The Kier molecular flexibility index (Phi) is 3.57. The molecule has 1 aliphatic heterocycles. The molecule has 0 bridgehead atoms. The first-order valence-corrected chi connectivity index (χ1v) is 7.35. The summed E-state index contributed by atoms with van der Waals surface area (Å²) in [6.45, 7) is 4.55. The summed E-state index contributed by atoms with van der Waals surface area (Å²) in [6.07, 6.45) is 0. The molecule has 0 saturated carbocycles. The van der Waals surface area contributed by atoms with Crippen LogP contribution in [0.4, 0.5) is 5.69 Å². The molecule has 0 aromatic heterocycles. The third kappa shape index (κ3) is 2.61. The van der Waals surface area contributed by atoms with E-state index in [2.05, 4.69) is 53.3 Å². The Balaban J connectivity index is 1.82. The van der Waals surface area contributed by atoms with Crippen LogP contribution in [0.2, 0.25) is 0 Å². The average Bonchev–Trinajstić information content (AvgIpc) is 2.90. The van der Waals surface area contributed by atoms with Gasteiger partial charge in [0.1, 0.15) is 0 Å². The summed E-state index contributed by atoms with van der Waals surface area (Å²) in [4.78, 5) is 0. The number of benzene rings is 2. The highest BCUT2D eigenvalue weighted by Crippen LogP contribution is 2.35. The Hall–Kier alpha value is -1.68. The van der Waals surface area contributed by atoms with Crippen molar-refractivity contribution < 1.29 is 9.47 Å². The monoisotopic (exact) mass is 333 g/mol. The van der Waals surface area contributed by atoms with Gasteiger partial charge in [0.15, 0.2) is 11.5 Å². The van der Waals surface area contributed by atoms with Crippen molar-refractivity contribution in [1.82, 2.24) is 0 Å². The number of hydrogen-bond donors (Lipinski definition) is 1. The van der Waals surface area contributed by atoms with Gasteiger partial charge >= 0.3 is 0 Å². The van der Waals surface area contributed by atoms with Crippen molar-refractivity contribution in [1.29, 1.82) is 0 Å². The molecule has 3 nitrogen and oxygen atoms in total. The number of halogens is 1. The van der Waals surface area contributed by atoms with Gasteiger partial charge in [0.05, 0.1) is 0 Å². The standard InChI is InChI=1S/C16H16BrNO2/c1-10-3-5-13(17)8-14(10)18-11(2)12-4-6-15-16(7-12)20-9-19-15/h3-8,11,18H,9H2,1-2H3. The molecule has 3 rings (SSSR count). The maximum absolute atomic E-state index is 5.42. The Labute approximate surface area is 127 Å². The van der Waals surface area contributed by atoms with E-state index in [4.69, 9.17) is 9.47 Å². The van der Waals surface area contributed by atoms with Crippen LogP contribution in [0.15, 0.2) is 40.9 Å². The predicted molar refractivity (Wildman–Crippen MR) is 83.5 cm³/mol. The molecule has 2 aromatic rings. The van der Waals surface area contributed by atoms with Gasteiger partial charge in [0.2, 0.25) is 6.79 Å². The molecule has 1 heterocycles. The fourth-order valence-electron chi connectivity index (χ4n) is 2.25. The number of rotatable bonds is 3. The van der Waals surface area contributed by atoms with Gasteiger partial charge < -0.3 is 14.8 Å². The molecule has 1 unspecified atom stereocenters. The van der Waals surface area contributed by atoms with Crippen LogP contribution in [-0.2, 0) is 0 Å². The quantitative estimate of drug-likeness (QED) is 0.886. The summed E-state index contributed by atoms with van der Waals surface area (Å²) in [7, 11) is 0. The number of ether oxygens (including phenoxy) is 2. The summed E-state index contributed by atoms with van der Waals surface area (Å²) < 4.78 is 11.8. The molecule has 1 aliphatic rings. The largest absolute Gasteiger partial charge is 0.454 e. The predicted octanol–water partition coefficient (Wildman–Crippen LogP) is 4.66. The molecule has 1 N–H and O–H groups in total. The molecule has 20 heavy (non-hydrogen) atoms. The Morgan fingerprint density at radius 3 is 2.75 bits per heavy atom. The summed E-state index contributed by atoms with van der Waals surface area (Å²) in [5.74, 6) is 1.64. The third-order valence-corrected chi connectivity index (χ3v) is 3.96. The summed E-state index contributed by atoms with van der Waals surface area (Å²) in [5.41, 5.74) is 3.53. The zero-order valence-corrected chi connectivity index (χ0v) is 13.0. The highest BCUT2D eigenvalue weighted by atomic mass is 79.9. The lowest BCUT2D eigenvalue weighted by atomic mass is 10.1. The first-order chi connectivity index (χ1) is 9.63. The van der Waals surface area contributed by atoms with E-state index in [1.165, 1.54) is 11.1 Å². The number of hydrogen-bond acceptors (Lipinski definition) is 3. The van der Waals surface area contributed by atoms with Crippen LogP contribution in [-0.4, -0.2) is 6.79 Å². The SMILES string of the molecule is Cc1ccc(Br)cc1NC(C)c1ccc2c(c1)OCO2. The molecule has 0 saturated heterocycles. The number of fused-ring (bicyclic) bond motifs is 1. The van der Waals surface area contributed by atoms with Crippen molar-refractivity contribution in [3.8, 4) is 11.5 Å². The number of aryl methyl sites for hydroxylation is 1.